The first-order chi connectivity index (χ1) is 9.76. The lowest BCUT2D eigenvalue weighted by Crippen LogP contribution is -2.36. The van der Waals surface area contributed by atoms with Gasteiger partial charge in [0.25, 0.3) is 0 Å². The molecule has 106 valence electrons. The van der Waals surface area contributed by atoms with E-state index in [0.717, 1.165) is 43.8 Å². The average Bonchev–Trinajstić information content (AvgIpc) is 2.89. The lowest BCUT2D eigenvalue weighted by Gasteiger charge is -2.29. The second-order valence-electron chi connectivity index (χ2n) is 5.27. The zero-order chi connectivity index (χ0) is 13.9. The molecule has 0 aliphatic carbocycles. The van der Waals surface area contributed by atoms with Crippen LogP contribution < -0.4 is 0 Å². The van der Waals surface area contributed by atoms with Gasteiger partial charge in [-0.2, -0.15) is 0 Å². The van der Waals surface area contributed by atoms with E-state index in [4.69, 9.17) is 4.74 Å². The Kier molecular flexibility index (Phi) is 3.69. The van der Waals surface area contributed by atoms with Crippen LogP contribution in [0.3, 0.4) is 0 Å². The Morgan fingerprint density at radius 1 is 1.40 bits per heavy atom. The molecule has 0 atom stereocenters. The van der Waals surface area contributed by atoms with Crippen LogP contribution in [0.25, 0.3) is 5.65 Å². The third-order valence-electron chi connectivity index (χ3n) is 3.92. The maximum absolute atomic E-state index is 11.5. The van der Waals surface area contributed by atoms with Crippen LogP contribution >= 0.6 is 0 Å². The predicted octanol–water partition coefficient (Wildman–Crippen LogP) is 1.72. The van der Waals surface area contributed by atoms with Crippen LogP contribution in [0, 0.1) is 5.92 Å². The molecule has 2 aromatic heterocycles. The summed E-state index contributed by atoms with van der Waals surface area (Å²) >= 11 is 0. The number of ether oxygens (including phenoxy) is 1. The Labute approximate surface area is 118 Å². The molecule has 0 radical (unpaired) electrons. The molecule has 0 saturated carbocycles. The van der Waals surface area contributed by atoms with Crippen molar-refractivity contribution >= 4 is 11.6 Å². The van der Waals surface area contributed by atoms with Crippen LogP contribution in [0.2, 0.25) is 0 Å². The second-order valence-corrected chi connectivity index (χ2v) is 5.27. The van der Waals surface area contributed by atoms with Crippen molar-refractivity contribution in [2.45, 2.75) is 19.4 Å². The van der Waals surface area contributed by atoms with Gasteiger partial charge in [-0.05, 0) is 38.1 Å². The summed E-state index contributed by atoms with van der Waals surface area (Å²) in [5.74, 6) is -0.00491. The van der Waals surface area contributed by atoms with E-state index in [2.05, 4.69) is 16.1 Å². The maximum atomic E-state index is 11.5. The van der Waals surface area contributed by atoms with Gasteiger partial charge in [-0.15, -0.1) is 0 Å². The topological polar surface area (TPSA) is 46.8 Å². The van der Waals surface area contributed by atoms with Gasteiger partial charge in [-0.1, -0.05) is 6.07 Å². The largest absolute Gasteiger partial charge is 0.469 e. The zero-order valence-electron chi connectivity index (χ0n) is 11.7. The number of imidazole rings is 1. The number of fused-ring (bicyclic) bond motifs is 1. The van der Waals surface area contributed by atoms with E-state index in [1.807, 2.05) is 28.8 Å². The third kappa shape index (κ3) is 2.67. The van der Waals surface area contributed by atoms with Gasteiger partial charge < -0.3 is 9.14 Å². The van der Waals surface area contributed by atoms with E-state index in [0.29, 0.717) is 0 Å². The molecule has 0 spiro atoms. The highest BCUT2D eigenvalue weighted by molar-refractivity contribution is 5.72. The Bertz CT molecular complexity index is 567. The van der Waals surface area contributed by atoms with Crippen LogP contribution in [0.1, 0.15) is 18.5 Å². The van der Waals surface area contributed by atoms with Crippen LogP contribution in [-0.2, 0) is 16.1 Å². The van der Waals surface area contributed by atoms with E-state index < -0.39 is 0 Å². The number of aromatic nitrogens is 2. The summed E-state index contributed by atoms with van der Waals surface area (Å²) in [4.78, 5) is 18.4. The lowest BCUT2D eigenvalue weighted by molar-refractivity contribution is -0.147. The van der Waals surface area contributed by atoms with E-state index >= 15 is 0 Å². The Balaban J connectivity index is 1.60. The molecule has 1 fully saturated rings. The standard InChI is InChI=1S/C15H19N3O2/c1-20-15(19)12-5-8-17(9-6-12)10-13-11-18-7-3-2-4-14(18)16-13/h2-4,7,11-12H,5-6,8-10H2,1H3. The van der Waals surface area contributed by atoms with Gasteiger partial charge >= 0.3 is 5.97 Å². The molecule has 0 aromatic carbocycles. The molecular weight excluding hydrogens is 254 g/mol. The van der Waals surface area contributed by atoms with Crippen molar-refractivity contribution in [2.24, 2.45) is 5.92 Å². The van der Waals surface area contributed by atoms with Crippen molar-refractivity contribution in [1.29, 1.82) is 0 Å². The maximum Gasteiger partial charge on any atom is 0.308 e. The molecule has 1 aliphatic heterocycles. The van der Waals surface area contributed by atoms with Crippen molar-refractivity contribution < 1.29 is 9.53 Å². The summed E-state index contributed by atoms with van der Waals surface area (Å²) < 4.78 is 6.85. The number of carbonyl (C=O) groups is 1. The van der Waals surface area contributed by atoms with Crippen molar-refractivity contribution in [1.82, 2.24) is 14.3 Å². The average molecular weight is 273 g/mol. The number of pyridine rings is 1. The van der Waals surface area contributed by atoms with Gasteiger partial charge in [0.05, 0.1) is 18.7 Å². The molecule has 3 heterocycles. The minimum absolute atomic E-state index is 0.0670. The second kappa shape index (κ2) is 5.63. The lowest BCUT2D eigenvalue weighted by atomic mass is 9.97. The zero-order valence-corrected chi connectivity index (χ0v) is 11.7. The fourth-order valence-corrected chi connectivity index (χ4v) is 2.79. The summed E-state index contributed by atoms with van der Waals surface area (Å²) in [5, 5.41) is 0. The normalized spacial score (nSPS) is 17.4. The number of hydrogen-bond acceptors (Lipinski definition) is 4. The molecule has 0 bridgehead atoms. The molecule has 3 rings (SSSR count). The van der Waals surface area contributed by atoms with Crippen molar-refractivity contribution in [3.05, 3.63) is 36.3 Å². The summed E-state index contributed by atoms with van der Waals surface area (Å²) in [7, 11) is 1.46. The SMILES string of the molecule is COC(=O)C1CCN(Cc2cn3ccccc3n2)CC1. The minimum atomic E-state index is -0.0719. The van der Waals surface area contributed by atoms with Gasteiger partial charge in [0.1, 0.15) is 5.65 Å². The van der Waals surface area contributed by atoms with Crippen molar-refractivity contribution in [3.8, 4) is 0 Å². The molecule has 20 heavy (non-hydrogen) atoms. The number of esters is 1. The van der Waals surface area contributed by atoms with Crippen LogP contribution in [0.5, 0.6) is 0 Å². The molecule has 2 aromatic rings. The first-order valence-corrected chi connectivity index (χ1v) is 6.99. The van der Waals surface area contributed by atoms with Crippen molar-refractivity contribution in [2.75, 3.05) is 20.2 Å². The molecule has 0 unspecified atom stereocenters. The fraction of sp³-hybridized carbons (Fsp3) is 0.467. The van der Waals surface area contributed by atoms with Crippen molar-refractivity contribution in [3.63, 3.8) is 0 Å². The molecule has 5 nitrogen and oxygen atoms in total. The molecule has 1 aliphatic rings. The summed E-state index contributed by atoms with van der Waals surface area (Å²) in [6.45, 7) is 2.69. The van der Waals surface area contributed by atoms with Gasteiger partial charge in [-0.25, -0.2) is 4.98 Å². The molecule has 0 N–H and O–H groups in total. The monoisotopic (exact) mass is 273 g/mol. The molecule has 5 heteroatoms. The number of hydrogen-bond donors (Lipinski definition) is 0. The van der Waals surface area contributed by atoms with E-state index in [-0.39, 0.29) is 11.9 Å². The summed E-state index contributed by atoms with van der Waals surface area (Å²) in [6.07, 6.45) is 5.83. The van der Waals surface area contributed by atoms with Crippen LogP contribution in [0.4, 0.5) is 0 Å². The van der Waals surface area contributed by atoms with E-state index in [1.165, 1.54) is 7.11 Å². The Morgan fingerprint density at radius 3 is 2.90 bits per heavy atom. The number of nitrogens with zero attached hydrogens (tertiary/aromatic N) is 3. The van der Waals surface area contributed by atoms with Gasteiger partial charge in [0.2, 0.25) is 0 Å². The van der Waals surface area contributed by atoms with Crippen LogP contribution in [-0.4, -0.2) is 40.5 Å². The van der Waals surface area contributed by atoms with E-state index in [1.54, 1.807) is 0 Å². The minimum Gasteiger partial charge on any atom is -0.469 e. The number of likely N-dealkylation sites (tertiary alicyclic amines) is 1. The van der Waals surface area contributed by atoms with Gasteiger partial charge in [-0.3, -0.25) is 9.69 Å². The Morgan fingerprint density at radius 2 is 2.20 bits per heavy atom. The third-order valence-corrected chi connectivity index (χ3v) is 3.92. The summed E-state index contributed by atoms with van der Waals surface area (Å²) in [5.41, 5.74) is 2.06. The van der Waals surface area contributed by atoms with Gasteiger partial charge in [0.15, 0.2) is 0 Å². The van der Waals surface area contributed by atoms with Crippen LogP contribution in [0.15, 0.2) is 30.6 Å². The number of carbonyl (C=O) groups excluding carboxylic acids is 1. The highest BCUT2D eigenvalue weighted by Crippen LogP contribution is 2.20. The summed E-state index contributed by atoms with van der Waals surface area (Å²) in [6, 6.07) is 6.00. The Hall–Kier alpha value is -1.88. The predicted molar refractivity (Wildman–Crippen MR) is 75.2 cm³/mol. The highest BCUT2D eigenvalue weighted by atomic mass is 16.5. The quantitative estimate of drug-likeness (QED) is 0.799. The van der Waals surface area contributed by atoms with Gasteiger partial charge in [0, 0.05) is 18.9 Å². The first kappa shape index (κ1) is 13.1. The highest BCUT2D eigenvalue weighted by Gasteiger charge is 2.25. The number of piperidine rings is 1. The smallest absolute Gasteiger partial charge is 0.308 e. The molecule has 1 saturated heterocycles. The molecule has 0 amide bonds. The fourth-order valence-electron chi connectivity index (χ4n) is 2.79. The first-order valence-electron chi connectivity index (χ1n) is 6.99. The molecular formula is C15H19N3O2. The van der Waals surface area contributed by atoms with E-state index in [9.17, 15) is 4.79 Å². The number of methoxy groups -OCH3 is 1. The number of rotatable bonds is 3.